The lowest BCUT2D eigenvalue weighted by Gasteiger charge is -2.52. The summed E-state index contributed by atoms with van der Waals surface area (Å²) in [4.78, 5) is 15.5. The molecule has 1 heterocycles. The zero-order valence-electron chi connectivity index (χ0n) is 17.1. The first-order valence-electron chi connectivity index (χ1n) is 10.4. The smallest absolute Gasteiger partial charge is 0.254 e. The van der Waals surface area contributed by atoms with Crippen molar-refractivity contribution in [3.8, 4) is 11.5 Å². The Balaban J connectivity index is 1.79. The van der Waals surface area contributed by atoms with Gasteiger partial charge in [-0.25, -0.2) is 0 Å². The fourth-order valence-corrected chi connectivity index (χ4v) is 5.17. The molecule has 2 aromatic carbocycles. The second-order valence-electron chi connectivity index (χ2n) is 8.40. The number of likely N-dealkylation sites (tertiary alicyclic amines) is 1. The van der Waals surface area contributed by atoms with E-state index in [-0.39, 0.29) is 23.6 Å². The van der Waals surface area contributed by atoms with Crippen molar-refractivity contribution in [2.24, 2.45) is 5.92 Å². The van der Waals surface area contributed by atoms with Crippen LogP contribution < -0.4 is 4.74 Å². The van der Waals surface area contributed by atoms with Gasteiger partial charge in [0, 0.05) is 18.0 Å². The van der Waals surface area contributed by atoms with E-state index in [0.717, 1.165) is 36.8 Å². The van der Waals surface area contributed by atoms with Crippen molar-refractivity contribution in [1.29, 1.82) is 0 Å². The fourth-order valence-electron chi connectivity index (χ4n) is 5.17. The van der Waals surface area contributed by atoms with Gasteiger partial charge in [0.25, 0.3) is 5.91 Å². The maximum atomic E-state index is 13.6. The zero-order valence-corrected chi connectivity index (χ0v) is 17.1. The zero-order chi connectivity index (χ0) is 20.6. The Morgan fingerprint density at radius 1 is 1.17 bits per heavy atom. The van der Waals surface area contributed by atoms with Crippen molar-refractivity contribution in [3.05, 3.63) is 59.2 Å². The first kappa shape index (κ1) is 19.8. The van der Waals surface area contributed by atoms with E-state index in [4.69, 9.17) is 4.74 Å². The number of aromatic hydroxyl groups is 1. The van der Waals surface area contributed by atoms with Gasteiger partial charge in [0.15, 0.2) is 11.5 Å². The summed E-state index contributed by atoms with van der Waals surface area (Å²) in [5.74, 6) is 0.415. The van der Waals surface area contributed by atoms with Gasteiger partial charge in [-0.1, -0.05) is 37.1 Å². The molecule has 3 atom stereocenters. The molecule has 1 saturated carbocycles. The van der Waals surface area contributed by atoms with E-state index >= 15 is 0 Å². The molecule has 4 rings (SSSR count). The molecular weight excluding hydrogens is 366 g/mol. The van der Waals surface area contributed by atoms with Gasteiger partial charge in [-0.15, -0.1) is 0 Å². The molecule has 2 aliphatic rings. The van der Waals surface area contributed by atoms with E-state index in [0.29, 0.717) is 24.3 Å². The lowest BCUT2D eigenvalue weighted by molar-refractivity contribution is -0.115. The molecule has 5 heteroatoms. The minimum atomic E-state index is -0.753. The molecule has 2 N–H and O–H groups in total. The maximum absolute atomic E-state index is 13.6. The summed E-state index contributed by atoms with van der Waals surface area (Å²) in [5.41, 5.74) is 1.79. The monoisotopic (exact) mass is 395 g/mol. The number of nitrogens with zero attached hydrogens (tertiary/aromatic N) is 1. The molecular formula is C24H29NO4. The second-order valence-corrected chi connectivity index (χ2v) is 8.40. The minimum Gasteiger partial charge on any atom is -0.504 e. The Morgan fingerprint density at radius 3 is 2.72 bits per heavy atom. The van der Waals surface area contributed by atoms with Crippen LogP contribution in [-0.2, 0) is 0 Å². The van der Waals surface area contributed by atoms with Crippen LogP contribution in [-0.4, -0.2) is 40.3 Å². The average Bonchev–Trinajstić information content (AvgIpc) is 2.73. The number of phenols is 1. The SMILES string of the molecule is COc1cc([C@H]2[C@@H]3CCCC[C@@]3(O)CCN2C(=O)c2ccccc2C)ccc1O. The number of methoxy groups -OCH3 is 1. The molecule has 29 heavy (non-hydrogen) atoms. The summed E-state index contributed by atoms with van der Waals surface area (Å²) in [6, 6.07) is 12.7. The third-order valence-electron chi connectivity index (χ3n) is 6.75. The molecule has 1 amide bonds. The number of carbonyl (C=O) groups excluding carboxylic acids is 1. The van der Waals surface area contributed by atoms with Gasteiger partial charge in [0.05, 0.1) is 18.8 Å². The Bertz CT molecular complexity index is 912. The number of phenolic OH excluding ortho intramolecular Hbond substituents is 1. The number of hydrogen-bond donors (Lipinski definition) is 2. The molecule has 1 aliphatic carbocycles. The van der Waals surface area contributed by atoms with Crippen LogP contribution in [0.2, 0.25) is 0 Å². The molecule has 154 valence electrons. The van der Waals surface area contributed by atoms with Crippen molar-refractivity contribution in [2.45, 2.75) is 50.7 Å². The summed E-state index contributed by atoms with van der Waals surface area (Å²) >= 11 is 0. The third-order valence-corrected chi connectivity index (χ3v) is 6.75. The largest absolute Gasteiger partial charge is 0.504 e. The predicted octanol–water partition coefficient (Wildman–Crippen LogP) is 4.22. The van der Waals surface area contributed by atoms with Gasteiger partial charge in [-0.2, -0.15) is 0 Å². The van der Waals surface area contributed by atoms with Crippen LogP contribution >= 0.6 is 0 Å². The molecule has 5 nitrogen and oxygen atoms in total. The van der Waals surface area contributed by atoms with Crippen molar-refractivity contribution < 1.29 is 19.7 Å². The van der Waals surface area contributed by atoms with Crippen LogP contribution in [0, 0.1) is 12.8 Å². The van der Waals surface area contributed by atoms with Crippen molar-refractivity contribution in [1.82, 2.24) is 4.90 Å². The summed E-state index contributed by atoms with van der Waals surface area (Å²) in [6.45, 7) is 2.46. The van der Waals surface area contributed by atoms with E-state index in [2.05, 4.69) is 0 Å². The van der Waals surface area contributed by atoms with Gasteiger partial charge in [0.1, 0.15) is 0 Å². The lowest BCUT2D eigenvalue weighted by atomic mass is 9.66. The van der Waals surface area contributed by atoms with Crippen molar-refractivity contribution in [2.75, 3.05) is 13.7 Å². The summed E-state index contributed by atoms with van der Waals surface area (Å²) in [7, 11) is 1.52. The standard InChI is InChI=1S/C24H29NO4/c1-16-7-3-4-8-18(16)23(27)25-14-13-24(28)12-6-5-9-19(24)22(25)17-10-11-20(26)21(15-17)29-2/h3-4,7-8,10-11,15,19,22,26,28H,5-6,9,12-14H2,1-2H3/t19-,22-,24+/m0/s1. The van der Waals surface area contributed by atoms with Crippen LogP contribution in [0.15, 0.2) is 42.5 Å². The quantitative estimate of drug-likeness (QED) is 0.816. The van der Waals surface area contributed by atoms with E-state index in [1.165, 1.54) is 7.11 Å². The normalized spacial score (nSPS) is 26.7. The van der Waals surface area contributed by atoms with Crippen LogP contribution in [0.4, 0.5) is 0 Å². The number of ether oxygens (including phenoxy) is 1. The van der Waals surface area contributed by atoms with E-state index in [1.54, 1.807) is 12.1 Å². The number of aryl methyl sites for hydroxylation is 1. The Labute approximate surface area is 171 Å². The lowest BCUT2D eigenvalue weighted by Crippen LogP contribution is -2.56. The fraction of sp³-hybridized carbons (Fsp3) is 0.458. The second kappa shape index (κ2) is 7.71. The summed E-state index contributed by atoms with van der Waals surface area (Å²) in [5, 5.41) is 21.5. The highest BCUT2D eigenvalue weighted by molar-refractivity contribution is 5.96. The Hall–Kier alpha value is -2.53. The molecule has 0 spiro atoms. The Morgan fingerprint density at radius 2 is 1.97 bits per heavy atom. The number of piperidine rings is 1. The topological polar surface area (TPSA) is 70.0 Å². The third kappa shape index (κ3) is 3.48. The average molecular weight is 395 g/mol. The molecule has 2 aromatic rings. The van der Waals surface area contributed by atoms with Gasteiger partial charge in [-0.3, -0.25) is 4.79 Å². The minimum absolute atomic E-state index is 0.00670. The number of fused-ring (bicyclic) bond motifs is 1. The molecule has 0 bridgehead atoms. The first-order chi connectivity index (χ1) is 13.9. The van der Waals surface area contributed by atoms with E-state index < -0.39 is 5.60 Å². The van der Waals surface area contributed by atoms with E-state index in [1.807, 2.05) is 42.2 Å². The van der Waals surface area contributed by atoms with Gasteiger partial charge < -0.3 is 19.8 Å². The maximum Gasteiger partial charge on any atom is 0.254 e. The molecule has 0 radical (unpaired) electrons. The number of rotatable bonds is 3. The van der Waals surface area contributed by atoms with Crippen molar-refractivity contribution in [3.63, 3.8) is 0 Å². The number of carbonyl (C=O) groups is 1. The first-order valence-corrected chi connectivity index (χ1v) is 10.4. The highest BCUT2D eigenvalue weighted by Gasteiger charge is 2.50. The number of amides is 1. The van der Waals surface area contributed by atoms with Gasteiger partial charge in [-0.05, 0) is 55.5 Å². The molecule has 1 saturated heterocycles. The molecule has 0 aromatic heterocycles. The highest BCUT2D eigenvalue weighted by atomic mass is 16.5. The van der Waals surface area contributed by atoms with Gasteiger partial charge in [0.2, 0.25) is 0 Å². The molecule has 0 unspecified atom stereocenters. The summed E-state index contributed by atoms with van der Waals surface area (Å²) < 4.78 is 5.32. The predicted molar refractivity (Wildman–Crippen MR) is 111 cm³/mol. The van der Waals surface area contributed by atoms with Crippen molar-refractivity contribution >= 4 is 5.91 Å². The van der Waals surface area contributed by atoms with Crippen LogP contribution in [0.5, 0.6) is 11.5 Å². The number of benzene rings is 2. The van der Waals surface area contributed by atoms with Gasteiger partial charge >= 0.3 is 0 Å². The molecule has 1 aliphatic heterocycles. The van der Waals surface area contributed by atoms with Crippen LogP contribution in [0.3, 0.4) is 0 Å². The van der Waals surface area contributed by atoms with Crippen LogP contribution in [0.25, 0.3) is 0 Å². The molecule has 2 fully saturated rings. The van der Waals surface area contributed by atoms with Crippen LogP contribution in [0.1, 0.15) is 59.6 Å². The Kier molecular flexibility index (Phi) is 5.26. The number of hydrogen-bond acceptors (Lipinski definition) is 4. The summed E-state index contributed by atoms with van der Waals surface area (Å²) in [6.07, 6.45) is 4.31. The van der Waals surface area contributed by atoms with E-state index in [9.17, 15) is 15.0 Å². The highest BCUT2D eigenvalue weighted by Crippen LogP contribution is 2.50. The number of aliphatic hydroxyl groups is 1.